The van der Waals surface area contributed by atoms with Crippen molar-refractivity contribution in [3.05, 3.63) is 76.7 Å². The van der Waals surface area contributed by atoms with Crippen molar-refractivity contribution in [3.8, 4) is 0 Å². The molecule has 4 nitrogen and oxygen atoms in total. The van der Waals surface area contributed by atoms with E-state index in [1.54, 1.807) is 54.1 Å². The monoisotopic (exact) mass is 417 g/mol. The normalized spacial score (nSPS) is 11.7. The van der Waals surface area contributed by atoms with E-state index in [1.807, 2.05) is 31.2 Å². The Bertz CT molecular complexity index is 919. The van der Waals surface area contributed by atoms with Crippen LogP contribution in [0.5, 0.6) is 0 Å². The zero-order valence-corrected chi connectivity index (χ0v) is 18.2. The summed E-state index contributed by atoms with van der Waals surface area (Å²) in [5.41, 5.74) is 2.76. The van der Waals surface area contributed by atoms with E-state index in [0.717, 1.165) is 22.6 Å². The minimum absolute atomic E-state index is 0.0397. The van der Waals surface area contributed by atoms with Crippen LogP contribution < -0.4 is 0 Å². The lowest BCUT2D eigenvalue weighted by atomic mass is 10.1. The molecule has 0 heterocycles. The van der Waals surface area contributed by atoms with Gasteiger partial charge in [0.25, 0.3) is 5.91 Å². The zero-order valence-electron chi connectivity index (χ0n) is 16.6. The van der Waals surface area contributed by atoms with Gasteiger partial charge in [-0.25, -0.2) is 8.42 Å². The first-order chi connectivity index (χ1) is 13.3. The number of amides is 1. The third-order valence-electron chi connectivity index (χ3n) is 4.31. The third kappa shape index (κ3) is 6.24. The van der Waals surface area contributed by atoms with Crippen LogP contribution in [0.3, 0.4) is 0 Å². The summed E-state index contributed by atoms with van der Waals surface area (Å²) in [6.45, 7) is 4.46. The maximum Gasteiger partial charge on any atom is 0.253 e. The van der Waals surface area contributed by atoms with Crippen LogP contribution in [0.15, 0.2) is 64.9 Å². The molecular formula is C22H27NO3S2. The number of hydrogen-bond donors (Lipinski definition) is 0. The van der Waals surface area contributed by atoms with Crippen LogP contribution >= 0.6 is 11.8 Å². The average molecular weight is 418 g/mol. The number of carbonyl (C=O) groups excluding carboxylic acids is 1. The second-order valence-electron chi connectivity index (χ2n) is 6.54. The first-order valence-corrected chi connectivity index (χ1v) is 11.9. The number of hydrogen-bond acceptors (Lipinski definition) is 4. The Morgan fingerprint density at radius 3 is 2.46 bits per heavy atom. The zero-order chi connectivity index (χ0) is 20.6. The summed E-state index contributed by atoms with van der Waals surface area (Å²) >= 11 is 1.78. The van der Waals surface area contributed by atoms with Crippen LogP contribution in [0, 0.1) is 6.92 Å². The summed E-state index contributed by atoms with van der Waals surface area (Å²) in [6, 6.07) is 14.4. The molecule has 0 atom stereocenters. The van der Waals surface area contributed by atoms with E-state index in [0.29, 0.717) is 18.5 Å². The number of sulfone groups is 1. The SMILES string of the molecule is CCSCc1ccccc1C(=O)N(C)CC/C=C/S(=O)(=O)c1ccc(C)cc1. The van der Waals surface area contributed by atoms with Crippen LogP contribution in [0.1, 0.15) is 34.8 Å². The summed E-state index contributed by atoms with van der Waals surface area (Å²) in [7, 11) is -1.71. The van der Waals surface area contributed by atoms with Crippen molar-refractivity contribution in [2.75, 3.05) is 19.3 Å². The fourth-order valence-corrected chi connectivity index (χ4v) is 4.38. The van der Waals surface area contributed by atoms with Crippen LogP contribution in [-0.4, -0.2) is 38.6 Å². The number of rotatable bonds is 9. The fraction of sp³-hybridized carbons (Fsp3) is 0.318. The Labute approximate surface area is 172 Å². The van der Waals surface area contributed by atoms with Crippen LogP contribution in [0.4, 0.5) is 0 Å². The second-order valence-corrected chi connectivity index (χ2v) is 9.65. The molecule has 0 spiro atoms. The molecule has 0 unspecified atom stereocenters. The van der Waals surface area contributed by atoms with Crippen molar-refractivity contribution in [1.29, 1.82) is 0 Å². The largest absolute Gasteiger partial charge is 0.341 e. The molecule has 0 fully saturated rings. The molecule has 2 aromatic carbocycles. The molecular weight excluding hydrogens is 390 g/mol. The summed E-state index contributed by atoms with van der Waals surface area (Å²) in [5, 5.41) is 1.22. The van der Waals surface area contributed by atoms with E-state index in [4.69, 9.17) is 0 Å². The summed E-state index contributed by atoms with van der Waals surface area (Å²) in [4.78, 5) is 14.7. The Morgan fingerprint density at radius 1 is 1.11 bits per heavy atom. The molecule has 0 bridgehead atoms. The summed E-state index contributed by atoms with van der Waals surface area (Å²) in [6.07, 6.45) is 2.08. The minimum Gasteiger partial charge on any atom is -0.341 e. The molecule has 0 saturated carbocycles. The van der Waals surface area contributed by atoms with E-state index in [1.165, 1.54) is 5.41 Å². The van der Waals surface area contributed by atoms with Gasteiger partial charge in [0, 0.05) is 30.3 Å². The molecule has 28 heavy (non-hydrogen) atoms. The van der Waals surface area contributed by atoms with E-state index in [9.17, 15) is 13.2 Å². The van der Waals surface area contributed by atoms with Gasteiger partial charge < -0.3 is 4.90 Å². The highest BCUT2D eigenvalue weighted by Crippen LogP contribution is 2.18. The third-order valence-corrected chi connectivity index (χ3v) is 6.72. The summed E-state index contributed by atoms with van der Waals surface area (Å²) < 4.78 is 24.6. The number of nitrogens with zero attached hydrogens (tertiary/aromatic N) is 1. The molecule has 1 amide bonds. The first kappa shape index (κ1) is 22.2. The molecule has 0 aromatic heterocycles. The number of aryl methyl sites for hydroxylation is 1. The predicted molar refractivity (Wildman–Crippen MR) is 117 cm³/mol. The van der Waals surface area contributed by atoms with Gasteiger partial charge in [0.15, 0.2) is 9.84 Å². The van der Waals surface area contributed by atoms with Crippen LogP contribution in [0.25, 0.3) is 0 Å². The molecule has 0 aliphatic heterocycles. The van der Waals surface area contributed by atoms with Gasteiger partial charge >= 0.3 is 0 Å². The Hall–Kier alpha value is -2.05. The van der Waals surface area contributed by atoms with E-state index in [2.05, 4.69) is 6.92 Å². The van der Waals surface area contributed by atoms with Gasteiger partial charge in [-0.1, -0.05) is 48.9 Å². The van der Waals surface area contributed by atoms with Crippen molar-refractivity contribution in [2.45, 2.75) is 30.9 Å². The molecule has 2 rings (SSSR count). The number of thioether (sulfide) groups is 1. The fourth-order valence-electron chi connectivity index (χ4n) is 2.64. The Kier molecular flexibility index (Phi) is 8.33. The van der Waals surface area contributed by atoms with Gasteiger partial charge in [-0.3, -0.25) is 4.79 Å². The first-order valence-electron chi connectivity index (χ1n) is 9.24. The van der Waals surface area contributed by atoms with E-state index in [-0.39, 0.29) is 10.8 Å². The molecule has 0 N–H and O–H groups in total. The number of carbonyl (C=O) groups is 1. The van der Waals surface area contributed by atoms with Crippen LogP contribution in [-0.2, 0) is 15.6 Å². The second kappa shape index (κ2) is 10.5. The van der Waals surface area contributed by atoms with Crippen molar-refractivity contribution in [2.24, 2.45) is 0 Å². The Morgan fingerprint density at radius 2 is 1.79 bits per heavy atom. The van der Waals surface area contributed by atoms with Crippen molar-refractivity contribution in [3.63, 3.8) is 0 Å². The Balaban J connectivity index is 1.96. The van der Waals surface area contributed by atoms with Crippen molar-refractivity contribution >= 4 is 27.5 Å². The highest BCUT2D eigenvalue weighted by atomic mass is 32.2. The predicted octanol–water partition coefficient (Wildman–Crippen LogP) is 4.70. The topological polar surface area (TPSA) is 54.5 Å². The standard InChI is InChI=1S/C22H27NO3S2/c1-4-27-17-19-9-5-6-10-21(19)22(24)23(3)15-7-8-16-28(25,26)20-13-11-18(2)12-14-20/h5-6,8-14,16H,4,7,15,17H2,1-3H3/b16-8+. The minimum atomic E-state index is -3.45. The number of benzene rings is 2. The maximum absolute atomic E-state index is 12.7. The van der Waals surface area contributed by atoms with Crippen LogP contribution in [0.2, 0.25) is 0 Å². The molecule has 2 aromatic rings. The van der Waals surface area contributed by atoms with Gasteiger partial charge in [0.1, 0.15) is 0 Å². The van der Waals surface area contributed by atoms with Gasteiger partial charge in [0.05, 0.1) is 4.90 Å². The lowest BCUT2D eigenvalue weighted by Gasteiger charge is -2.18. The average Bonchev–Trinajstić information content (AvgIpc) is 2.69. The molecule has 150 valence electrons. The highest BCUT2D eigenvalue weighted by molar-refractivity contribution is 7.98. The maximum atomic E-state index is 12.7. The van der Waals surface area contributed by atoms with Crippen molar-refractivity contribution in [1.82, 2.24) is 4.90 Å². The van der Waals surface area contributed by atoms with E-state index >= 15 is 0 Å². The lowest BCUT2D eigenvalue weighted by molar-refractivity contribution is 0.0796. The quantitative estimate of drug-likeness (QED) is 0.593. The van der Waals surface area contributed by atoms with Crippen molar-refractivity contribution < 1.29 is 13.2 Å². The van der Waals surface area contributed by atoms with Gasteiger partial charge in [-0.05, 0) is 42.9 Å². The molecule has 0 saturated heterocycles. The summed E-state index contributed by atoms with van der Waals surface area (Å²) in [5.74, 6) is 1.77. The van der Waals surface area contributed by atoms with Gasteiger partial charge in [-0.2, -0.15) is 11.8 Å². The molecule has 6 heteroatoms. The van der Waals surface area contributed by atoms with Gasteiger partial charge in [-0.15, -0.1) is 0 Å². The molecule has 0 aliphatic carbocycles. The van der Waals surface area contributed by atoms with Gasteiger partial charge in [0.2, 0.25) is 0 Å². The smallest absolute Gasteiger partial charge is 0.253 e. The molecule has 0 aliphatic rings. The van der Waals surface area contributed by atoms with E-state index < -0.39 is 9.84 Å². The highest BCUT2D eigenvalue weighted by Gasteiger charge is 2.15. The molecule has 0 radical (unpaired) electrons. The lowest BCUT2D eigenvalue weighted by Crippen LogP contribution is -2.28.